The zero-order valence-electron chi connectivity index (χ0n) is 8.57. The van der Waals surface area contributed by atoms with Crippen molar-refractivity contribution in [3.63, 3.8) is 0 Å². The summed E-state index contributed by atoms with van der Waals surface area (Å²) in [6.45, 7) is 2.14. The summed E-state index contributed by atoms with van der Waals surface area (Å²) in [4.78, 5) is 0. The molecule has 0 unspecified atom stereocenters. The molecule has 0 saturated heterocycles. The van der Waals surface area contributed by atoms with Gasteiger partial charge in [0.15, 0.2) is 0 Å². The molecule has 1 aromatic heterocycles. The van der Waals surface area contributed by atoms with E-state index in [0.29, 0.717) is 6.54 Å². The molecule has 0 atom stereocenters. The van der Waals surface area contributed by atoms with Crippen LogP contribution in [0.15, 0.2) is 0 Å². The monoisotopic (exact) mass is 411 g/mol. The van der Waals surface area contributed by atoms with Gasteiger partial charge in [0.25, 0.3) is 0 Å². The molecule has 0 aliphatic rings. The summed E-state index contributed by atoms with van der Waals surface area (Å²) >= 11 is 46.6. The molecule has 3 nitrogen and oxygen atoms in total. The van der Waals surface area contributed by atoms with Crippen molar-refractivity contribution >= 4 is 92.8 Å². The largest absolute Gasteiger partial charge is 0.245 e. The molecule has 1 heterocycles. The maximum absolute atomic E-state index is 6.00. The molecule has 0 aliphatic carbocycles. The average Bonchev–Trinajstić information content (AvgIpc) is 2.58. The summed E-state index contributed by atoms with van der Waals surface area (Å²) in [6.07, 6.45) is 0. The third-order valence-corrected chi connectivity index (χ3v) is 4.85. The molecule has 0 bridgehead atoms. The second kappa shape index (κ2) is 5.69. The highest BCUT2D eigenvalue weighted by Crippen LogP contribution is 2.55. The Balaban J connectivity index is 3.48. The molecule has 104 valence electrons. The maximum atomic E-state index is 6.00. The molecule has 1 rings (SSSR count). The van der Waals surface area contributed by atoms with E-state index in [1.54, 1.807) is 6.92 Å². The molecule has 0 N–H and O–H groups in total. The van der Waals surface area contributed by atoms with Crippen molar-refractivity contribution in [2.24, 2.45) is 0 Å². The number of nitrogens with zero attached hydrogens (tertiary/aromatic N) is 3. The van der Waals surface area contributed by atoms with Crippen LogP contribution in [0.25, 0.3) is 0 Å². The van der Waals surface area contributed by atoms with Gasteiger partial charge >= 0.3 is 0 Å². The highest BCUT2D eigenvalue weighted by Gasteiger charge is 2.53. The topological polar surface area (TPSA) is 30.7 Å². The third kappa shape index (κ3) is 3.37. The standard InChI is InChI=1S/C7H5Cl8N3/c1-2-18-4(6(10,11)12)3(16-17-18)5(8,9)7(13,14)15/h2H2,1H3. The fourth-order valence-corrected chi connectivity index (χ4v) is 2.25. The van der Waals surface area contributed by atoms with E-state index >= 15 is 0 Å². The zero-order valence-corrected chi connectivity index (χ0v) is 14.6. The molecular formula is C7H5Cl8N3. The lowest BCUT2D eigenvalue weighted by Crippen LogP contribution is -2.31. The van der Waals surface area contributed by atoms with Crippen LogP contribution in [0.2, 0.25) is 0 Å². The van der Waals surface area contributed by atoms with Crippen molar-refractivity contribution in [1.82, 2.24) is 15.0 Å². The number of aryl methyl sites for hydroxylation is 1. The minimum Gasteiger partial charge on any atom is -0.245 e. The van der Waals surface area contributed by atoms with Crippen LogP contribution in [-0.2, 0) is 14.7 Å². The van der Waals surface area contributed by atoms with Crippen molar-refractivity contribution in [1.29, 1.82) is 0 Å². The van der Waals surface area contributed by atoms with Crippen molar-refractivity contribution < 1.29 is 0 Å². The first-order valence-electron chi connectivity index (χ1n) is 4.38. The average molecular weight is 415 g/mol. The predicted octanol–water partition coefficient (Wildman–Crippen LogP) is 5.13. The number of aromatic nitrogens is 3. The molecule has 0 radical (unpaired) electrons. The molecule has 11 heteroatoms. The van der Waals surface area contributed by atoms with E-state index in [1.807, 2.05) is 0 Å². The second-order valence-corrected chi connectivity index (χ2v) is 9.06. The van der Waals surface area contributed by atoms with Gasteiger partial charge in [-0.1, -0.05) is 98.0 Å². The van der Waals surface area contributed by atoms with Gasteiger partial charge in [0, 0.05) is 6.54 Å². The summed E-state index contributed by atoms with van der Waals surface area (Å²) in [5.41, 5.74) is -0.0704. The van der Waals surface area contributed by atoms with E-state index in [0.717, 1.165) is 0 Å². The lowest BCUT2D eigenvalue weighted by molar-refractivity contribution is 0.602. The van der Waals surface area contributed by atoms with Crippen LogP contribution in [0.5, 0.6) is 0 Å². The second-order valence-electron chi connectivity index (χ2n) is 3.17. The normalized spacial score (nSPS) is 14.1. The van der Waals surface area contributed by atoms with E-state index in [1.165, 1.54) is 4.68 Å². The quantitative estimate of drug-likeness (QED) is 0.628. The summed E-state index contributed by atoms with van der Waals surface area (Å²) in [7, 11) is 0. The van der Waals surface area contributed by atoms with Gasteiger partial charge in [-0.15, -0.1) is 5.10 Å². The minimum absolute atomic E-state index is 0.0475. The van der Waals surface area contributed by atoms with Crippen LogP contribution < -0.4 is 0 Å². The van der Waals surface area contributed by atoms with Crippen LogP contribution in [0.4, 0.5) is 0 Å². The van der Waals surface area contributed by atoms with Gasteiger partial charge in [0.05, 0.1) is 0 Å². The van der Waals surface area contributed by atoms with E-state index in [9.17, 15) is 0 Å². The van der Waals surface area contributed by atoms with E-state index in [2.05, 4.69) is 10.3 Å². The Labute approximate surface area is 143 Å². The number of rotatable bonds is 2. The molecule has 1 aromatic rings. The van der Waals surface area contributed by atoms with E-state index in [-0.39, 0.29) is 11.4 Å². The van der Waals surface area contributed by atoms with Crippen molar-refractivity contribution in [3.05, 3.63) is 11.4 Å². The predicted molar refractivity (Wildman–Crippen MR) is 78.6 cm³/mol. The van der Waals surface area contributed by atoms with Gasteiger partial charge in [-0.2, -0.15) is 0 Å². The first-order chi connectivity index (χ1) is 7.93. The van der Waals surface area contributed by atoms with Gasteiger partial charge in [-0.05, 0) is 6.92 Å². The van der Waals surface area contributed by atoms with Crippen LogP contribution in [0.3, 0.4) is 0 Å². The Morgan fingerprint density at radius 1 is 1.00 bits per heavy atom. The molecule has 18 heavy (non-hydrogen) atoms. The summed E-state index contributed by atoms with van der Waals surface area (Å²) in [6, 6.07) is 0. The van der Waals surface area contributed by atoms with Crippen LogP contribution in [-0.4, -0.2) is 18.8 Å². The van der Waals surface area contributed by atoms with Crippen molar-refractivity contribution in [3.8, 4) is 0 Å². The molecule has 0 aliphatic heterocycles. The first kappa shape index (κ1) is 17.5. The van der Waals surface area contributed by atoms with E-state index in [4.69, 9.17) is 92.8 Å². The molecule has 0 saturated carbocycles. The van der Waals surface area contributed by atoms with Crippen molar-refractivity contribution in [2.75, 3.05) is 0 Å². The van der Waals surface area contributed by atoms with Crippen LogP contribution >= 0.6 is 92.8 Å². The third-order valence-electron chi connectivity index (χ3n) is 1.96. The Morgan fingerprint density at radius 3 is 1.83 bits per heavy atom. The highest BCUT2D eigenvalue weighted by molar-refractivity contribution is 6.75. The van der Waals surface area contributed by atoms with E-state index < -0.39 is 11.9 Å². The summed E-state index contributed by atoms with van der Waals surface area (Å²) < 4.78 is -4.64. The Kier molecular flexibility index (Phi) is 5.53. The molecule has 0 aromatic carbocycles. The zero-order chi connectivity index (χ0) is 14.4. The van der Waals surface area contributed by atoms with Gasteiger partial charge in [-0.3, -0.25) is 0 Å². The number of hydrogen-bond acceptors (Lipinski definition) is 2. The maximum Gasteiger partial charge on any atom is 0.234 e. The number of alkyl halides is 8. The number of hydrogen-bond donors (Lipinski definition) is 0. The fraction of sp³-hybridized carbons (Fsp3) is 0.714. The SMILES string of the molecule is CCn1nnc(C(Cl)(Cl)C(Cl)(Cl)Cl)c1C(Cl)(Cl)Cl. The lowest BCUT2D eigenvalue weighted by atomic mass is 10.2. The molecule has 0 amide bonds. The minimum atomic E-state index is -2.07. The molecule has 0 spiro atoms. The van der Waals surface area contributed by atoms with Crippen LogP contribution in [0.1, 0.15) is 18.3 Å². The smallest absolute Gasteiger partial charge is 0.234 e. The Bertz CT molecular complexity index is 429. The van der Waals surface area contributed by atoms with Crippen LogP contribution in [0, 0.1) is 0 Å². The highest BCUT2D eigenvalue weighted by atomic mass is 35.6. The first-order valence-corrected chi connectivity index (χ1v) is 7.41. The van der Waals surface area contributed by atoms with Gasteiger partial charge in [0.2, 0.25) is 11.9 Å². The molecular weight excluding hydrogens is 410 g/mol. The summed E-state index contributed by atoms with van der Waals surface area (Å²) in [5, 5.41) is 7.48. The lowest BCUT2D eigenvalue weighted by Gasteiger charge is -2.27. The van der Waals surface area contributed by atoms with Gasteiger partial charge in [-0.25, -0.2) is 4.68 Å². The Hall–Kier alpha value is 1.46. The molecule has 0 fully saturated rings. The van der Waals surface area contributed by atoms with Gasteiger partial charge in [0.1, 0.15) is 11.4 Å². The Morgan fingerprint density at radius 2 is 1.50 bits per heavy atom. The van der Waals surface area contributed by atoms with Gasteiger partial charge < -0.3 is 0 Å². The summed E-state index contributed by atoms with van der Waals surface area (Å²) in [5.74, 6) is 0. The van der Waals surface area contributed by atoms with Crippen molar-refractivity contribution in [2.45, 2.75) is 25.4 Å². The fourth-order valence-electron chi connectivity index (χ4n) is 1.16. The number of halogens is 8.